The summed E-state index contributed by atoms with van der Waals surface area (Å²) in [5.74, 6) is 0.991. The van der Waals surface area contributed by atoms with Crippen molar-refractivity contribution < 1.29 is 27.1 Å². The molecule has 3 N–H and O–H groups in total. The molecule has 0 fully saturated rings. The molecule has 0 spiro atoms. The van der Waals surface area contributed by atoms with Gasteiger partial charge in [-0.3, -0.25) is 0 Å². The maximum atomic E-state index is 5.34. The minimum absolute atomic E-state index is 0. The summed E-state index contributed by atoms with van der Waals surface area (Å²) in [4.78, 5) is 0. The van der Waals surface area contributed by atoms with Gasteiger partial charge in [0.15, 0.2) is 0 Å². The van der Waals surface area contributed by atoms with Crippen molar-refractivity contribution in [1.29, 1.82) is 0 Å². The summed E-state index contributed by atoms with van der Waals surface area (Å²) in [6.07, 6.45) is 4.10. The molecule has 2 nitrogen and oxygen atoms in total. The predicted molar refractivity (Wildman–Crippen MR) is 46.0 cm³/mol. The molecule has 1 aromatic carbocycles. The zero-order valence-electron chi connectivity index (χ0n) is 6.73. The molecule has 0 saturated heterocycles. The van der Waals surface area contributed by atoms with E-state index in [1.165, 1.54) is 5.56 Å². The predicted octanol–water partition coefficient (Wildman–Crippen LogP) is 2.25. The summed E-state index contributed by atoms with van der Waals surface area (Å²) in [5, 5.41) is 0. The normalized spacial score (nSPS) is 11.7. The number of para-hydroxylation sites is 1. The van der Waals surface area contributed by atoms with E-state index in [1.54, 1.807) is 0 Å². The van der Waals surface area contributed by atoms with Gasteiger partial charge < -0.3 is 10.9 Å². The van der Waals surface area contributed by atoms with Gasteiger partial charge in [-0.15, -0.1) is 0 Å². The summed E-state index contributed by atoms with van der Waals surface area (Å²) >= 11 is 0. The molecular weight excluding hydrogens is 319 g/mol. The molecule has 0 bridgehead atoms. The molecule has 2 rings (SSSR count). The third-order valence-electron chi connectivity index (χ3n) is 1.55. The molecule has 12 heavy (non-hydrogen) atoms. The molecule has 1 aliphatic heterocycles. The van der Waals surface area contributed by atoms with Crippen LogP contribution in [0.4, 0.5) is 0 Å². The van der Waals surface area contributed by atoms with Crippen LogP contribution in [0.15, 0.2) is 30.3 Å². The van der Waals surface area contributed by atoms with Gasteiger partial charge in [0.1, 0.15) is 12.4 Å². The minimum Gasteiger partial charge on any atom is -0.489 e. The van der Waals surface area contributed by atoms with Gasteiger partial charge in [0.25, 0.3) is 0 Å². The Morgan fingerprint density at radius 3 is 2.67 bits per heavy atom. The van der Waals surface area contributed by atoms with Gasteiger partial charge in [0.2, 0.25) is 0 Å². The molecule has 1 radical (unpaired) electrons. The van der Waals surface area contributed by atoms with Gasteiger partial charge in [-0.25, -0.2) is 0 Å². The Labute approximate surface area is 87.7 Å². The van der Waals surface area contributed by atoms with Crippen LogP contribution in [-0.2, 0) is 22.4 Å². The second-order valence-corrected chi connectivity index (χ2v) is 2.25. The zero-order chi connectivity index (χ0) is 6.81. The first-order valence-electron chi connectivity index (χ1n) is 3.35. The van der Waals surface area contributed by atoms with Crippen LogP contribution in [0, 0.1) is 0 Å². The molecule has 0 aromatic heterocycles. The monoisotopic (exact) mass is 330 g/mol. The minimum atomic E-state index is 0. The second kappa shape index (κ2) is 5.17. The second-order valence-electron chi connectivity index (χ2n) is 2.25. The Balaban J connectivity index is 0.000000605. The first-order valence-corrected chi connectivity index (χ1v) is 3.35. The number of benzene rings is 1. The zero-order valence-corrected chi connectivity index (χ0v) is 9.95. The van der Waals surface area contributed by atoms with E-state index in [9.17, 15) is 0 Å². The van der Waals surface area contributed by atoms with Crippen molar-refractivity contribution in [3.05, 3.63) is 35.9 Å². The van der Waals surface area contributed by atoms with Gasteiger partial charge >= 0.3 is 0 Å². The average Bonchev–Trinajstić information content (AvgIpc) is 2.05. The SMILES string of the molecule is C1=Cc2ccccc2OC1.N.[Ta]. The number of hydrogen-bond acceptors (Lipinski definition) is 2. The molecule has 0 aliphatic carbocycles. The van der Waals surface area contributed by atoms with E-state index in [1.807, 2.05) is 30.3 Å². The van der Waals surface area contributed by atoms with E-state index in [2.05, 4.69) is 6.08 Å². The van der Waals surface area contributed by atoms with Crippen LogP contribution in [0.1, 0.15) is 5.56 Å². The standard InChI is InChI=1S/C9H8O.H3N.Ta/c1-2-6-9-8(4-1)5-3-7-10-9;;/h1-6H,7H2;1H3;. The Morgan fingerprint density at radius 2 is 1.92 bits per heavy atom. The molecule has 0 amide bonds. The van der Waals surface area contributed by atoms with Crippen molar-refractivity contribution in [3.63, 3.8) is 0 Å². The molecule has 63 valence electrons. The van der Waals surface area contributed by atoms with E-state index in [0.717, 1.165) is 5.75 Å². The van der Waals surface area contributed by atoms with Crippen molar-refractivity contribution in [2.24, 2.45) is 0 Å². The molecule has 0 unspecified atom stereocenters. The van der Waals surface area contributed by atoms with Crippen LogP contribution in [-0.4, -0.2) is 6.61 Å². The van der Waals surface area contributed by atoms with E-state index in [-0.39, 0.29) is 28.5 Å². The summed E-state index contributed by atoms with van der Waals surface area (Å²) in [7, 11) is 0. The fourth-order valence-electron chi connectivity index (χ4n) is 1.06. The quantitative estimate of drug-likeness (QED) is 0.793. The van der Waals surface area contributed by atoms with Crippen molar-refractivity contribution >= 4 is 6.08 Å². The average molecular weight is 330 g/mol. The Hall–Kier alpha value is -0.540. The third kappa shape index (κ3) is 2.22. The van der Waals surface area contributed by atoms with Crippen molar-refractivity contribution in [2.45, 2.75) is 0 Å². The van der Waals surface area contributed by atoms with Gasteiger partial charge in [0, 0.05) is 27.9 Å². The van der Waals surface area contributed by atoms with Gasteiger partial charge in [0.05, 0.1) is 0 Å². The fourth-order valence-corrected chi connectivity index (χ4v) is 1.06. The maximum absolute atomic E-state index is 5.34. The molecule has 0 atom stereocenters. The van der Waals surface area contributed by atoms with E-state index < -0.39 is 0 Å². The third-order valence-corrected chi connectivity index (χ3v) is 1.55. The molecule has 1 aliphatic rings. The van der Waals surface area contributed by atoms with Crippen LogP contribution >= 0.6 is 0 Å². The maximum Gasteiger partial charge on any atom is 0.126 e. The van der Waals surface area contributed by atoms with E-state index in [0.29, 0.717) is 6.61 Å². The van der Waals surface area contributed by atoms with Crippen LogP contribution in [0.2, 0.25) is 0 Å². The number of fused-ring (bicyclic) bond motifs is 1. The Kier molecular flexibility index (Phi) is 4.93. The topological polar surface area (TPSA) is 44.2 Å². The van der Waals surface area contributed by atoms with Gasteiger partial charge in [-0.1, -0.05) is 24.3 Å². The molecular formula is C9H11NOTa. The van der Waals surface area contributed by atoms with Crippen molar-refractivity contribution in [3.8, 4) is 5.75 Å². The van der Waals surface area contributed by atoms with Crippen LogP contribution < -0.4 is 10.9 Å². The molecule has 0 saturated carbocycles. The van der Waals surface area contributed by atoms with Gasteiger partial charge in [-0.05, 0) is 12.1 Å². The molecule has 1 heterocycles. The van der Waals surface area contributed by atoms with Crippen LogP contribution in [0.5, 0.6) is 5.75 Å². The van der Waals surface area contributed by atoms with Crippen LogP contribution in [0.3, 0.4) is 0 Å². The smallest absolute Gasteiger partial charge is 0.126 e. The Morgan fingerprint density at radius 1 is 1.17 bits per heavy atom. The van der Waals surface area contributed by atoms with E-state index in [4.69, 9.17) is 4.74 Å². The molecule has 1 aromatic rings. The first kappa shape index (κ1) is 11.5. The first-order chi connectivity index (χ1) is 4.97. The van der Waals surface area contributed by atoms with Gasteiger partial charge in [-0.2, -0.15) is 0 Å². The fraction of sp³-hybridized carbons (Fsp3) is 0.111. The number of hydrogen-bond donors (Lipinski definition) is 1. The Bertz CT molecular complexity index is 273. The van der Waals surface area contributed by atoms with Crippen LogP contribution in [0.25, 0.3) is 6.08 Å². The van der Waals surface area contributed by atoms with Crippen molar-refractivity contribution in [1.82, 2.24) is 6.15 Å². The summed E-state index contributed by atoms with van der Waals surface area (Å²) < 4.78 is 5.34. The number of ether oxygens (including phenoxy) is 1. The number of rotatable bonds is 0. The van der Waals surface area contributed by atoms with E-state index >= 15 is 0 Å². The summed E-state index contributed by atoms with van der Waals surface area (Å²) in [5.41, 5.74) is 1.17. The van der Waals surface area contributed by atoms with Crippen molar-refractivity contribution in [2.75, 3.05) is 6.61 Å². The summed E-state index contributed by atoms with van der Waals surface area (Å²) in [6.45, 7) is 0.705. The largest absolute Gasteiger partial charge is 0.489 e. The summed E-state index contributed by atoms with van der Waals surface area (Å²) in [6, 6.07) is 8.03. The molecule has 3 heteroatoms.